The van der Waals surface area contributed by atoms with Crippen molar-refractivity contribution in [3.8, 4) is 0 Å². The van der Waals surface area contributed by atoms with Crippen molar-refractivity contribution in [1.29, 1.82) is 0 Å². The highest BCUT2D eigenvalue weighted by atomic mass is 16.5. The Hall–Kier alpha value is -0.830. The summed E-state index contributed by atoms with van der Waals surface area (Å²) in [6.45, 7) is 10.5. The van der Waals surface area contributed by atoms with Gasteiger partial charge in [0.1, 0.15) is 0 Å². The van der Waals surface area contributed by atoms with Gasteiger partial charge in [-0.05, 0) is 40.0 Å². The Labute approximate surface area is 92.1 Å². The molecular weight excluding hydrogens is 192 g/mol. The molecule has 0 amide bonds. The molecule has 0 aromatic heterocycles. The van der Waals surface area contributed by atoms with Crippen LogP contribution in [0, 0.1) is 5.41 Å². The third-order valence-corrected chi connectivity index (χ3v) is 2.34. The van der Waals surface area contributed by atoms with E-state index in [1.807, 2.05) is 6.92 Å². The van der Waals surface area contributed by atoms with Crippen molar-refractivity contribution in [3.05, 3.63) is 12.2 Å². The summed E-state index contributed by atoms with van der Waals surface area (Å²) in [5.74, 6) is -0.746. The van der Waals surface area contributed by atoms with Gasteiger partial charge in [-0.1, -0.05) is 5.57 Å². The summed E-state index contributed by atoms with van der Waals surface area (Å²) in [5, 5.41) is 8.86. The van der Waals surface area contributed by atoms with Crippen molar-refractivity contribution >= 4 is 5.97 Å². The van der Waals surface area contributed by atoms with E-state index in [0.717, 1.165) is 18.4 Å². The van der Waals surface area contributed by atoms with Crippen molar-refractivity contribution in [1.82, 2.24) is 0 Å². The summed E-state index contributed by atoms with van der Waals surface area (Å²) in [5.41, 5.74) is 0.471. The summed E-state index contributed by atoms with van der Waals surface area (Å²) >= 11 is 0. The van der Waals surface area contributed by atoms with Crippen LogP contribution in [0.3, 0.4) is 0 Å². The van der Waals surface area contributed by atoms with Gasteiger partial charge in [0, 0.05) is 6.61 Å². The first kappa shape index (κ1) is 14.2. The van der Waals surface area contributed by atoms with Crippen molar-refractivity contribution < 1.29 is 14.6 Å². The number of carbonyl (C=O) groups is 1. The molecule has 0 saturated heterocycles. The molecule has 0 aliphatic carbocycles. The van der Waals surface area contributed by atoms with Gasteiger partial charge in [0.15, 0.2) is 0 Å². The van der Waals surface area contributed by atoms with E-state index in [4.69, 9.17) is 9.84 Å². The number of rotatable bonds is 8. The number of carboxylic acids is 1. The lowest BCUT2D eigenvalue weighted by molar-refractivity contribution is -0.147. The molecule has 0 fully saturated rings. The van der Waals surface area contributed by atoms with Crippen LogP contribution in [0.25, 0.3) is 0 Å². The summed E-state index contributed by atoms with van der Waals surface area (Å²) < 4.78 is 5.37. The molecule has 3 heteroatoms. The van der Waals surface area contributed by atoms with Crippen LogP contribution >= 0.6 is 0 Å². The second kappa shape index (κ2) is 6.62. The lowest BCUT2D eigenvalue weighted by Crippen LogP contribution is -2.23. The topological polar surface area (TPSA) is 46.5 Å². The van der Waals surface area contributed by atoms with Crippen LogP contribution in [0.15, 0.2) is 12.2 Å². The Morgan fingerprint density at radius 3 is 2.47 bits per heavy atom. The summed E-state index contributed by atoms with van der Waals surface area (Å²) in [6, 6.07) is 0. The van der Waals surface area contributed by atoms with Gasteiger partial charge in [0.05, 0.1) is 12.0 Å². The maximum absolute atomic E-state index is 10.8. The predicted molar refractivity (Wildman–Crippen MR) is 60.9 cm³/mol. The number of aliphatic carboxylic acids is 1. The third-order valence-electron chi connectivity index (χ3n) is 2.34. The standard InChI is InChI=1S/C12H22O3/c1-10(2)6-9-15-8-5-7-12(3,4)11(13)14/h1,5-9H2,2-4H3,(H,13,14). The van der Waals surface area contributed by atoms with Crippen LogP contribution in [-0.2, 0) is 9.53 Å². The highest BCUT2D eigenvalue weighted by Gasteiger charge is 2.25. The normalized spacial score (nSPS) is 11.4. The van der Waals surface area contributed by atoms with E-state index >= 15 is 0 Å². The molecule has 0 aromatic carbocycles. The van der Waals surface area contributed by atoms with Crippen LogP contribution in [0.4, 0.5) is 0 Å². The molecule has 0 aromatic rings. The fraction of sp³-hybridized carbons (Fsp3) is 0.750. The molecule has 0 radical (unpaired) electrons. The largest absolute Gasteiger partial charge is 0.481 e. The Kier molecular flexibility index (Phi) is 6.25. The molecule has 0 aliphatic rings. The first-order chi connectivity index (χ1) is 6.86. The zero-order chi connectivity index (χ0) is 11.9. The average Bonchev–Trinajstić information content (AvgIpc) is 2.10. The van der Waals surface area contributed by atoms with E-state index in [1.54, 1.807) is 13.8 Å². The van der Waals surface area contributed by atoms with E-state index in [0.29, 0.717) is 19.6 Å². The van der Waals surface area contributed by atoms with Gasteiger partial charge >= 0.3 is 5.97 Å². The van der Waals surface area contributed by atoms with Gasteiger partial charge in [0.2, 0.25) is 0 Å². The van der Waals surface area contributed by atoms with E-state index in [-0.39, 0.29) is 0 Å². The van der Waals surface area contributed by atoms with Crippen LogP contribution in [0.1, 0.15) is 40.0 Å². The molecule has 88 valence electrons. The monoisotopic (exact) mass is 214 g/mol. The number of hydrogen-bond acceptors (Lipinski definition) is 2. The molecule has 0 rings (SSSR count). The zero-order valence-electron chi connectivity index (χ0n) is 10.0. The van der Waals surface area contributed by atoms with Crippen LogP contribution in [0.2, 0.25) is 0 Å². The molecule has 0 heterocycles. The summed E-state index contributed by atoms with van der Waals surface area (Å²) in [6.07, 6.45) is 2.31. The van der Waals surface area contributed by atoms with Crippen molar-refractivity contribution in [2.45, 2.75) is 40.0 Å². The van der Waals surface area contributed by atoms with Crippen LogP contribution in [0.5, 0.6) is 0 Å². The van der Waals surface area contributed by atoms with Crippen molar-refractivity contribution in [3.63, 3.8) is 0 Å². The molecule has 1 N–H and O–H groups in total. The lowest BCUT2D eigenvalue weighted by atomic mass is 9.88. The molecule has 0 aliphatic heterocycles. The molecule has 15 heavy (non-hydrogen) atoms. The van der Waals surface area contributed by atoms with E-state index < -0.39 is 11.4 Å². The van der Waals surface area contributed by atoms with Gasteiger partial charge in [-0.15, -0.1) is 6.58 Å². The minimum absolute atomic E-state index is 0.629. The van der Waals surface area contributed by atoms with Crippen LogP contribution < -0.4 is 0 Å². The minimum Gasteiger partial charge on any atom is -0.481 e. The van der Waals surface area contributed by atoms with E-state index in [2.05, 4.69) is 6.58 Å². The number of ether oxygens (including phenoxy) is 1. The van der Waals surface area contributed by atoms with Crippen molar-refractivity contribution in [2.75, 3.05) is 13.2 Å². The van der Waals surface area contributed by atoms with Gasteiger partial charge in [0.25, 0.3) is 0 Å². The van der Waals surface area contributed by atoms with Gasteiger partial charge in [-0.2, -0.15) is 0 Å². The van der Waals surface area contributed by atoms with E-state index in [9.17, 15) is 4.79 Å². The van der Waals surface area contributed by atoms with Gasteiger partial charge < -0.3 is 9.84 Å². The quantitative estimate of drug-likeness (QED) is 0.499. The highest BCUT2D eigenvalue weighted by Crippen LogP contribution is 2.22. The first-order valence-electron chi connectivity index (χ1n) is 5.32. The van der Waals surface area contributed by atoms with Gasteiger partial charge in [-0.3, -0.25) is 4.79 Å². The molecular formula is C12H22O3. The Morgan fingerprint density at radius 2 is 2.00 bits per heavy atom. The molecule has 0 spiro atoms. The highest BCUT2D eigenvalue weighted by molar-refractivity contribution is 5.73. The minimum atomic E-state index is -0.746. The molecule has 0 saturated carbocycles. The van der Waals surface area contributed by atoms with E-state index in [1.165, 1.54) is 0 Å². The molecule has 0 unspecified atom stereocenters. The maximum Gasteiger partial charge on any atom is 0.309 e. The second-order valence-electron chi connectivity index (χ2n) is 4.61. The zero-order valence-corrected chi connectivity index (χ0v) is 10.0. The van der Waals surface area contributed by atoms with Crippen molar-refractivity contribution in [2.24, 2.45) is 5.41 Å². The molecule has 3 nitrogen and oxygen atoms in total. The SMILES string of the molecule is C=C(C)CCOCCCC(C)(C)C(=O)O. The predicted octanol–water partition coefficient (Wildman–Crippen LogP) is 2.86. The third kappa shape index (κ3) is 7.14. The number of hydrogen-bond donors (Lipinski definition) is 1. The molecule has 0 bridgehead atoms. The fourth-order valence-corrected chi connectivity index (χ4v) is 1.07. The number of carboxylic acid groups (broad SMARTS) is 1. The smallest absolute Gasteiger partial charge is 0.309 e. The fourth-order valence-electron chi connectivity index (χ4n) is 1.07. The Morgan fingerprint density at radius 1 is 1.40 bits per heavy atom. The molecule has 0 atom stereocenters. The second-order valence-corrected chi connectivity index (χ2v) is 4.61. The first-order valence-corrected chi connectivity index (χ1v) is 5.32. The summed E-state index contributed by atoms with van der Waals surface area (Å²) in [7, 11) is 0. The van der Waals surface area contributed by atoms with Gasteiger partial charge in [-0.25, -0.2) is 0 Å². The summed E-state index contributed by atoms with van der Waals surface area (Å²) in [4.78, 5) is 10.8. The lowest BCUT2D eigenvalue weighted by Gasteiger charge is -2.18. The maximum atomic E-state index is 10.8. The Bertz CT molecular complexity index is 219. The van der Waals surface area contributed by atoms with Crippen LogP contribution in [-0.4, -0.2) is 24.3 Å². The Balaban J connectivity index is 3.46. The average molecular weight is 214 g/mol.